The van der Waals surface area contributed by atoms with E-state index in [4.69, 9.17) is 19.2 Å². The summed E-state index contributed by atoms with van der Waals surface area (Å²) < 4.78 is 18.0. The number of aromatic nitrogens is 2. The van der Waals surface area contributed by atoms with Crippen molar-refractivity contribution in [3.8, 4) is 11.3 Å². The molecule has 62 heavy (non-hydrogen) atoms. The number of carbonyl (C=O) groups is 3. The molecule has 2 N–H and O–H groups in total. The van der Waals surface area contributed by atoms with Crippen molar-refractivity contribution in [2.24, 2.45) is 62.1 Å². The highest BCUT2D eigenvalue weighted by atomic mass is 16.5. The maximum Gasteiger partial charge on any atom is 0.309 e. The Bertz CT molecular complexity index is 2030. The maximum absolute atomic E-state index is 15.9. The highest BCUT2D eigenvalue weighted by Gasteiger charge is 2.72. The number of esters is 1. The van der Waals surface area contributed by atoms with Gasteiger partial charge in [0.05, 0.1) is 54.5 Å². The Labute approximate surface area is 370 Å². The van der Waals surface area contributed by atoms with E-state index >= 15 is 4.79 Å². The Hall–Kier alpha value is -3.50. The Morgan fingerprint density at radius 1 is 0.919 bits per heavy atom. The highest BCUT2D eigenvalue weighted by molar-refractivity contribution is 5.85. The fourth-order valence-electron chi connectivity index (χ4n) is 15.6. The smallest absolute Gasteiger partial charge is 0.309 e. The Kier molecular flexibility index (Phi) is 11.8. The van der Waals surface area contributed by atoms with Crippen LogP contribution >= 0.6 is 0 Å². The summed E-state index contributed by atoms with van der Waals surface area (Å²) in [4.78, 5) is 51.7. The molecule has 6 aliphatic rings. The molecule has 1 aromatic heterocycles. The number of fused-ring (bicyclic) bond motifs is 7. The number of carboxylic acid groups (broad SMARTS) is 1. The zero-order valence-electron chi connectivity index (χ0n) is 39.2. The SMILES string of the molecule is C=C(C)[C@@H]1CCC2(C(=O)N3C[C@H](OCCOC)C[C@H]3c3ncc(-c4ccccc4)[nH]3)CC[C@]3(C)C(CC[C@@H]4C5(C)CC[C@H](OC(=O)CC(C)(C)C(=O)O)C(C)(C)[C@@H]5CCC43C)[C@@H]12. The van der Waals surface area contributed by atoms with Gasteiger partial charge in [-0.15, -0.1) is 0 Å². The van der Waals surface area contributed by atoms with Crippen LogP contribution in [0, 0.1) is 62.1 Å². The first-order valence-electron chi connectivity index (χ1n) is 23.8. The van der Waals surface area contributed by atoms with Crippen molar-refractivity contribution in [2.75, 3.05) is 26.9 Å². The molecule has 1 aliphatic heterocycles. The molecule has 1 saturated heterocycles. The zero-order chi connectivity index (χ0) is 44.6. The first kappa shape index (κ1) is 45.1. The number of aliphatic carboxylic acids is 1. The number of nitrogens with zero attached hydrogens (tertiary/aromatic N) is 2. The fraction of sp³-hybridized carbons (Fsp3) is 0.731. The molecule has 5 aliphatic carbocycles. The van der Waals surface area contributed by atoms with Crippen molar-refractivity contribution in [1.29, 1.82) is 0 Å². The molecule has 0 radical (unpaired) electrons. The van der Waals surface area contributed by atoms with E-state index in [9.17, 15) is 14.7 Å². The van der Waals surface area contributed by atoms with Gasteiger partial charge in [0.1, 0.15) is 11.9 Å². The topological polar surface area (TPSA) is 131 Å². The van der Waals surface area contributed by atoms with E-state index in [1.807, 2.05) is 24.4 Å². The summed E-state index contributed by atoms with van der Waals surface area (Å²) in [5.74, 6) is 1.53. The van der Waals surface area contributed by atoms with E-state index in [-0.39, 0.29) is 58.2 Å². The van der Waals surface area contributed by atoms with Gasteiger partial charge in [0, 0.05) is 25.5 Å². The highest BCUT2D eigenvalue weighted by Crippen LogP contribution is 2.78. The van der Waals surface area contributed by atoms with Gasteiger partial charge in [0.15, 0.2) is 0 Å². The second kappa shape index (κ2) is 16.2. The normalized spacial score (nSPS) is 38.6. The summed E-state index contributed by atoms with van der Waals surface area (Å²) in [5.41, 5.74) is 1.58. The largest absolute Gasteiger partial charge is 0.481 e. The zero-order valence-corrected chi connectivity index (χ0v) is 39.2. The number of carbonyl (C=O) groups excluding carboxylic acids is 2. The molecule has 12 atom stereocenters. The molecule has 6 fully saturated rings. The molecule has 4 unspecified atom stereocenters. The predicted molar refractivity (Wildman–Crippen MR) is 240 cm³/mol. The first-order valence-corrected chi connectivity index (χ1v) is 23.8. The number of hydrogen-bond donors (Lipinski definition) is 2. The summed E-state index contributed by atoms with van der Waals surface area (Å²) in [7, 11) is 1.69. The number of likely N-dealkylation sites (tertiary alicyclic amines) is 1. The van der Waals surface area contributed by atoms with Crippen molar-refractivity contribution in [2.45, 2.75) is 151 Å². The summed E-state index contributed by atoms with van der Waals surface area (Å²) in [6.45, 7) is 24.0. The van der Waals surface area contributed by atoms with Gasteiger partial charge in [-0.05, 0) is 136 Å². The molecule has 5 saturated carbocycles. The minimum atomic E-state index is -1.17. The number of carboxylic acids is 1. The molecule has 0 bridgehead atoms. The van der Waals surface area contributed by atoms with Gasteiger partial charge in [-0.1, -0.05) is 77.1 Å². The predicted octanol–water partition coefficient (Wildman–Crippen LogP) is 10.5. The van der Waals surface area contributed by atoms with E-state index in [0.717, 1.165) is 81.3 Å². The molecule has 0 spiro atoms. The lowest BCUT2D eigenvalue weighted by Crippen LogP contribution is -2.67. The third-order valence-corrected chi connectivity index (χ3v) is 19.0. The van der Waals surface area contributed by atoms with Crippen LogP contribution < -0.4 is 0 Å². The fourth-order valence-corrected chi connectivity index (χ4v) is 15.6. The Morgan fingerprint density at radius 3 is 2.35 bits per heavy atom. The third-order valence-electron chi connectivity index (χ3n) is 19.0. The maximum atomic E-state index is 15.9. The standard InChI is InChI=1S/C52H75N3O7/c1-32(2)35-18-23-52(45(57)55-31-34(61-27-26-60-10)28-38(55)44-53-30-37(54-44)33-14-12-11-13-15-33)25-24-50(8)36(43(35)52)16-17-40-49(7)21-20-41(62-42(56)29-47(3,4)46(58)59)48(5,6)39(49)19-22-51(40,50)9/h11-15,30,34-36,38-41,43H,1,16-29,31H2,2-10H3,(H,53,54)(H,58,59)/t34-,35+,36?,38+,39+,40-,41+,43-,49?,50-,51?,52?/m1/s1. The van der Waals surface area contributed by atoms with Crippen LogP contribution in [0.2, 0.25) is 0 Å². The number of ether oxygens (including phenoxy) is 3. The number of imidazole rings is 1. The number of aromatic amines is 1. The third kappa shape index (κ3) is 7.11. The minimum absolute atomic E-state index is 0.0497. The number of rotatable bonds is 12. The molecule has 1 aromatic carbocycles. The van der Waals surface area contributed by atoms with Crippen LogP contribution in [0.1, 0.15) is 144 Å². The summed E-state index contributed by atoms with van der Waals surface area (Å²) >= 11 is 0. The van der Waals surface area contributed by atoms with Crippen molar-refractivity contribution >= 4 is 17.8 Å². The van der Waals surface area contributed by atoms with E-state index in [2.05, 4.69) is 70.1 Å². The average molecular weight is 854 g/mol. The van der Waals surface area contributed by atoms with Gasteiger partial charge in [-0.25, -0.2) is 4.98 Å². The van der Waals surface area contributed by atoms with E-state index in [0.29, 0.717) is 49.9 Å². The Balaban J connectivity index is 1.07. The lowest BCUT2D eigenvalue weighted by atomic mass is 9.32. The van der Waals surface area contributed by atoms with Crippen LogP contribution in [-0.4, -0.2) is 76.9 Å². The number of allylic oxidation sites excluding steroid dienone is 1. The number of benzene rings is 1. The number of H-pyrrole nitrogens is 1. The first-order chi connectivity index (χ1) is 29.2. The number of hydrogen-bond acceptors (Lipinski definition) is 7. The van der Waals surface area contributed by atoms with Crippen LogP contribution in [0.3, 0.4) is 0 Å². The lowest BCUT2D eigenvalue weighted by molar-refractivity contribution is -0.250. The van der Waals surface area contributed by atoms with Gasteiger partial charge in [-0.3, -0.25) is 14.4 Å². The van der Waals surface area contributed by atoms with Gasteiger partial charge in [0.25, 0.3) is 0 Å². The summed E-state index contributed by atoms with van der Waals surface area (Å²) in [5, 5.41) is 9.69. The molecular formula is C52H75N3O7. The van der Waals surface area contributed by atoms with E-state index in [1.54, 1.807) is 21.0 Å². The Morgan fingerprint density at radius 2 is 1.66 bits per heavy atom. The molecule has 2 aromatic rings. The summed E-state index contributed by atoms with van der Waals surface area (Å²) in [6, 6.07) is 10.1. The second-order valence-corrected chi connectivity index (χ2v) is 22.8. The molecule has 10 nitrogen and oxygen atoms in total. The quantitative estimate of drug-likeness (QED) is 0.123. The average Bonchev–Trinajstić information content (AvgIpc) is 3.97. The van der Waals surface area contributed by atoms with Crippen molar-refractivity contribution in [3.05, 3.63) is 54.5 Å². The number of methoxy groups -OCH3 is 1. The van der Waals surface area contributed by atoms with Gasteiger partial charge >= 0.3 is 11.9 Å². The van der Waals surface area contributed by atoms with Crippen LogP contribution in [-0.2, 0) is 28.6 Å². The summed E-state index contributed by atoms with van der Waals surface area (Å²) in [6.07, 6.45) is 12.2. The van der Waals surface area contributed by atoms with Gasteiger partial charge in [-0.2, -0.15) is 0 Å². The molecule has 1 amide bonds. The van der Waals surface area contributed by atoms with Crippen LogP contribution in [0.4, 0.5) is 0 Å². The molecular weight excluding hydrogens is 779 g/mol. The van der Waals surface area contributed by atoms with Crippen LogP contribution in [0.25, 0.3) is 11.3 Å². The molecule has 340 valence electrons. The van der Waals surface area contributed by atoms with Crippen molar-refractivity contribution in [3.63, 3.8) is 0 Å². The van der Waals surface area contributed by atoms with E-state index in [1.165, 1.54) is 5.57 Å². The number of nitrogens with one attached hydrogen (secondary N) is 1. The molecule has 10 heteroatoms. The van der Waals surface area contributed by atoms with E-state index < -0.39 is 22.8 Å². The van der Waals surface area contributed by atoms with Crippen molar-refractivity contribution in [1.82, 2.24) is 14.9 Å². The van der Waals surface area contributed by atoms with Crippen LogP contribution in [0.15, 0.2) is 48.7 Å². The minimum Gasteiger partial charge on any atom is -0.481 e. The number of amides is 1. The van der Waals surface area contributed by atoms with Crippen molar-refractivity contribution < 1.29 is 33.7 Å². The second-order valence-electron chi connectivity index (χ2n) is 22.8. The van der Waals surface area contributed by atoms with Gasteiger partial charge in [0.2, 0.25) is 5.91 Å². The van der Waals surface area contributed by atoms with Gasteiger partial charge < -0.3 is 29.2 Å². The molecule has 2 heterocycles. The van der Waals surface area contributed by atoms with Crippen LogP contribution in [0.5, 0.6) is 0 Å². The monoisotopic (exact) mass is 854 g/mol. The lowest BCUT2D eigenvalue weighted by Gasteiger charge is -2.73. The molecule has 8 rings (SSSR count).